The Morgan fingerprint density at radius 2 is 1.58 bits per heavy atom. The van der Waals surface area contributed by atoms with Gasteiger partial charge in [-0.25, -0.2) is 0 Å². The van der Waals surface area contributed by atoms with Crippen LogP contribution in [0.2, 0.25) is 0 Å². The molecule has 0 aromatic carbocycles. The van der Waals surface area contributed by atoms with Crippen LogP contribution in [0.25, 0.3) is 0 Å². The highest BCUT2D eigenvalue weighted by atomic mass is 16.7. The molecule has 0 amide bonds. The molecule has 0 saturated carbocycles. The van der Waals surface area contributed by atoms with E-state index in [4.69, 9.17) is 33.2 Å². The number of carbonyl (C=O) groups excluding carboxylic acids is 1. The molecular formula is C38H69NO11. The third-order valence-electron chi connectivity index (χ3n) is 12.5. The van der Waals surface area contributed by atoms with Gasteiger partial charge in [-0.3, -0.25) is 4.79 Å². The van der Waals surface area contributed by atoms with Crippen molar-refractivity contribution in [2.45, 2.75) is 193 Å². The summed E-state index contributed by atoms with van der Waals surface area (Å²) >= 11 is 0. The number of methoxy groups -OCH3 is 1. The second-order valence-corrected chi connectivity index (χ2v) is 16.9. The number of hydrogen-bond donors (Lipinski definition) is 3. The smallest absolute Gasteiger partial charge is 0.311 e. The van der Waals surface area contributed by atoms with Crippen molar-refractivity contribution in [1.29, 1.82) is 0 Å². The first-order valence-corrected chi connectivity index (χ1v) is 19.1. The van der Waals surface area contributed by atoms with Crippen molar-refractivity contribution in [2.24, 2.45) is 23.7 Å². The van der Waals surface area contributed by atoms with E-state index in [-0.39, 0.29) is 24.2 Å². The minimum atomic E-state index is -1.75. The van der Waals surface area contributed by atoms with Crippen molar-refractivity contribution in [3.8, 4) is 0 Å². The zero-order chi connectivity index (χ0) is 37.5. The number of fused-ring (bicyclic) bond motifs is 2. The van der Waals surface area contributed by atoms with Gasteiger partial charge in [0.1, 0.15) is 17.8 Å². The van der Waals surface area contributed by atoms with E-state index >= 15 is 0 Å². The van der Waals surface area contributed by atoms with E-state index in [9.17, 15) is 20.1 Å². The van der Waals surface area contributed by atoms with Crippen LogP contribution >= 0.6 is 0 Å². The van der Waals surface area contributed by atoms with Gasteiger partial charge in [0.25, 0.3) is 0 Å². The Morgan fingerprint density at radius 3 is 2.18 bits per heavy atom. The van der Waals surface area contributed by atoms with Gasteiger partial charge in [0, 0.05) is 37.8 Å². The van der Waals surface area contributed by atoms with Crippen LogP contribution in [-0.2, 0) is 38.0 Å². The van der Waals surface area contributed by atoms with Crippen LogP contribution in [0, 0.1) is 23.7 Å². The maximum atomic E-state index is 14.1. The van der Waals surface area contributed by atoms with Crippen LogP contribution in [0.5, 0.6) is 0 Å². The monoisotopic (exact) mass is 715 g/mol. The number of hydrogen-bond acceptors (Lipinski definition) is 12. The van der Waals surface area contributed by atoms with E-state index in [1.54, 1.807) is 14.0 Å². The highest BCUT2D eigenvalue weighted by molar-refractivity contribution is 5.73. The first kappa shape index (κ1) is 41.8. The Morgan fingerprint density at radius 1 is 0.920 bits per heavy atom. The Labute approximate surface area is 300 Å². The van der Waals surface area contributed by atoms with Crippen LogP contribution in [0.1, 0.15) is 108 Å². The Kier molecular flexibility index (Phi) is 13.6. The quantitative estimate of drug-likeness (QED) is 0.312. The number of nitrogens with zero attached hydrogens (tertiary/aromatic N) is 1. The summed E-state index contributed by atoms with van der Waals surface area (Å²) in [6.45, 7) is 21.8. The molecule has 0 spiro atoms. The Hall–Kier alpha value is -0.930. The number of likely N-dealkylation sites (N-methyl/N-ethyl adjacent to an activating group) is 1. The summed E-state index contributed by atoms with van der Waals surface area (Å²) in [4.78, 5) is 16.2. The fourth-order valence-electron chi connectivity index (χ4n) is 9.41. The maximum absolute atomic E-state index is 14.1. The fourth-order valence-corrected chi connectivity index (χ4v) is 9.41. The lowest BCUT2D eigenvalue weighted by Crippen LogP contribution is -2.59. The van der Waals surface area contributed by atoms with E-state index in [2.05, 4.69) is 18.7 Å². The molecule has 0 aliphatic carbocycles. The normalized spacial score (nSPS) is 51.1. The van der Waals surface area contributed by atoms with Crippen LogP contribution in [-0.4, -0.2) is 131 Å². The van der Waals surface area contributed by atoms with Crippen molar-refractivity contribution in [1.82, 2.24) is 4.90 Å². The molecule has 0 radical (unpaired) electrons. The minimum Gasteiger partial charge on any atom is -0.459 e. The van der Waals surface area contributed by atoms with Crippen molar-refractivity contribution in [2.75, 3.05) is 20.7 Å². The zero-order valence-corrected chi connectivity index (χ0v) is 33.0. The predicted molar refractivity (Wildman–Crippen MR) is 187 cm³/mol. The molecule has 12 nitrogen and oxygen atoms in total. The van der Waals surface area contributed by atoms with Crippen LogP contribution < -0.4 is 0 Å². The number of aliphatic hydroxyl groups excluding tert-OH is 2. The van der Waals surface area contributed by atoms with Crippen molar-refractivity contribution in [3.63, 3.8) is 0 Å². The molecule has 3 N–H and O–H groups in total. The van der Waals surface area contributed by atoms with E-state index in [1.165, 1.54) is 6.92 Å². The van der Waals surface area contributed by atoms with Crippen LogP contribution in [0.4, 0.5) is 0 Å². The summed E-state index contributed by atoms with van der Waals surface area (Å²) in [5.74, 6) is -2.47. The molecule has 292 valence electrons. The molecule has 4 aliphatic rings. The van der Waals surface area contributed by atoms with E-state index in [1.807, 2.05) is 55.5 Å². The average molecular weight is 716 g/mol. The molecule has 2 unspecified atom stereocenters. The summed E-state index contributed by atoms with van der Waals surface area (Å²) in [5, 5.41) is 35.2. The Bertz CT molecular complexity index is 1130. The number of ether oxygens (including phenoxy) is 7. The Balaban J connectivity index is 1.83. The third-order valence-corrected chi connectivity index (χ3v) is 12.5. The average Bonchev–Trinajstić information content (AvgIpc) is 3.37. The van der Waals surface area contributed by atoms with E-state index < -0.39 is 89.7 Å². The number of carbonyl (C=O) groups is 1. The molecule has 4 fully saturated rings. The van der Waals surface area contributed by atoms with E-state index in [0.717, 1.165) is 6.54 Å². The zero-order valence-electron chi connectivity index (χ0n) is 33.0. The van der Waals surface area contributed by atoms with Crippen molar-refractivity contribution < 1.29 is 53.3 Å². The predicted octanol–water partition coefficient (Wildman–Crippen LogP) is 4.04. The summed E-state index contributed by atoms with van der Waals surface area (Å²) in [6.07, 6.45) is -4.56. The van der Waals surface area contributed by atoms with Gasteiger partial charge < -0.3 is 53.4 Å². The number of aliphatic hydroxyl groups is 3. The molecule has 4 aliphatic heterocycles. The van der Waals surface area contributed by atoms with E-state index in [0.29, 0.717) is 32.1 Å². The van der Waals surface area contributed by atoms with Crippen LogP contribution in [0.3, 0.4) is 0 Å². The van der Waals surface area contributed by atoms with Gasteiger partial charge >= 0.3 is 5.97 Å². The second kappa shape index (κ2) is 16.2. The van der Waals surface area contributed by atoms with Crippen molar-refractivity contribution >= 4 is 5.97 Å². The topological polar surface area (TPSA) is 146 Å². The van der Waals surface area contributed by atoms with Crippen LogP contribution in [0.15, 0.2) is 0 Å². The summed E-state index contributed by atoms with van der Waals surface area (Å²) in [6, 6.07) is -0.184. The fraction of sp³-hybridized carbons (Fsp3) is 0.974. The molecule has 18 atom stereocenters. The summed E-state index contributed by atoms with van der Waals surface area (Å²) in [5.41, 5.74) is -3.20. The highest BCUT2D eigenvalue weighted by Crippen LogP contribution is 2.48. The summed E-state index contributed by atoms with van der Waals surface area (Å²) in [7, 11) is 3.67. The number of cyclic esters (lactones) is 1. The number of esters is 1. The molecule has 4 rings (SSSR count). The molecule has 4 heterocycles. The van der Waals surface area contributed by atoms with Gasteiger partial charge in [-0.15, -0.1) is 0 Å². The molecule has 12 heteroatoms. The SMILES string of the molecule is CC[C@H]1OC(=O)[C@H](C)[C@@H](OC2C[C@@](C)(OC)C[C@H](C)O2)[C@H](C)[C@@H](OC2O[C@H](C)C[C@H](N(C)CC)[C@H]2O)[C@@]2(C)C[C@H](C)[C@H](O2)[C@H](C)[C@@H](O)[C@]1(C)O. The molecule has 2 bridgehead atoms. The minimum absolute atomic E-state index is 0.0267. The summed E-state index contributed by atoms with van der Waals surface area (Å²) < 4.78 is 45.4. The van der Waals surface area contributed by atoms with Gasteiger partial charge in [-0.05, 0) is 80.3 Å². The molecular weight excluding hydrogens is 646 g/mol. The van der Waals surface area contributed by atoms with Gasteiger partial charge in [0.15, 0.2) is 12.6 Å². The lowest BCUT2D eigenvalue weighted by molar-refractivity contribution is -0.312. The molecule has 4 saturated heterocycles. The second-order valence-electron chi connectivity index (χ2n) is 16.9. The lowest BCUT2D eigenvalue weighted by atomic mass is 9.76. The lowest BCUT2D eigenvalue weighted by Gasteiger charge is -2.48. The van der Waals surface area contributed by atoms with Gasteiger partial charge in [-0.2, -0.15) is 0 Å². The largest absolute Gasteiger partial charge is 0.459 e. The number of rotatable bonds is 8. The van der Waals surface area contributed by atoms with Gasteiger partial charge in [-0.1, -0.05) is 34.6 Å². The van der Waals surface area contributed by atoms with Crippen molar-refractivity contribution in [3.05, 3.63) is 0 Å². The molecule has 50 heavy (non-hydrogen) atoms. The van der Waals surface area contributed by atoms with Gasteiger partial charge in [0.05, 0.1) is 53.7 Å². The highest BCUT2D eigenvalue weighted by Gasteiger charge is 2.57. The maximum Gasteiger partial charge on any atom is 0.311 e. The van der Waals surface area contributed by atoms with Gasteiger partial charge in [0.2, 0.25) is 0 Å². The molecule has 0 aromatic rings. The molecule has 0 aromatic heterocycles. The standard InChI is InChI=1S/C38H69NO11/c1-14-27-38(11,43)32(41)23(6)30-20(3)17-37(10,50-30)33(49-35-29(40)26(39(12)15-2)16-21(4)46-35)24(7)31(25(8)34(42)47-27)48-28-19-36(9,44-13)18-22(5)45-28/h20-33,35,40-41,43H,14-19H2,1-13H3/t20-,21+,22-,23-,24-,25+,26-,27+,28?,29+,30-,31-,32+,33+,35?,36-,37+,38+/m0/s1. The first-order chi connectivity index (χ1) is 23.2. The third kappa shape index (κ3) is 8.55. The first-order valence-electron chi connectivity index (χ1n) is 19.1.